The maximum atomic E-state index is 6.07. The van der Waals surface area contributed by atoms with E-state index >= 15 is 0 Å². The summed E-state index contributed by atoms with van der Waals surface area (Å²) in [5.74, 6) is 1.14. The molecule has 1 aromatic heterocycles. The smallest absolute Gasteiger partial charge is 0.162 e. The van der Waals surface area contributed by atoms with Crippen molar-refractivity contribution in [3.05, 3.63) is 44.6 Å². The zero-order valence-electron chi connectivity index (χ0n) is 10.6. The van der Waals surface area contributed by atoms with Crippen LogP contribution in [0.25, 0.3) is 11.4 Å². The van der Waals surface area contributed by atoms with Gasteiger partial charge < -0.3 is 0 Å². The van der Waals surface area contributed by atoms with Crippen LogP contribution < -0.4 is 0 Å². The first-order valence-corrected chi connectivity index (χ1v) is 7.49. The molecule has 100 valence electrons. The van der Waals surface area contributed by atoms with E-state index in [4.69, 9.17) is 23.2 Å². The average molecular weight is 360 g/mol. The van der Waals surface area contributed by atoms with Crippen LogP contribution in [0.1, 0.15) is 19.5 Å². The van der Waals surface area contributed by atoms with Gasteiger partial charge >= 0.3 is 0 Å². The molecule has 0 aliphatic rings. The van der Waals surface area contributed by atoms with Crippen molar-refractivity contribution >= 4 is 39.1 Å². The van der Waals surface area contributed by atoms with Crippen LogP contribution >= 0.6 is 39.1 Å². The highest BCUT2D eigenvalue weighted by atomic mass is 79.9. The van der Waals surface area contributed by atoms with Crippen molar-refractivity contribution in [1.29, 1.82) is 0 Å². The van der Waals surface area contributed by atoms with E-state index in [1.165, 1.54) is 0 Å². The van der Waals surface area contributed by atoms with Crippen LogP contribution in [0.5, 0.6) is 0 Å². The van der Waals surface area contributed by atoms with Crippen molar-refractivity contribution < 1.29 is 0 Å². The van der Waals surface area contributed by atoms with Gasteiger partial charge in [0.2, 0.25) is 0 Å². The van der Waals surface area contributed by atoms with Crippen LogP contribution in [0.4, 0.5) is 0 Å². The van der Waals surface area contributed by atoms with Gasteiger partial charge in [-0.05, 0) is 52.5 Å². The van der Waals surface area contributed by atoms with Crippen molar-refractivity contribution in [2.75, 3.05) is 0 Å². The molecule has 0 spiro atoms. The molecule has 1 aromatic carbocycles. The van der Waals surface area contributed by atoms with Crippen LogP contribution in [0.2, 0.25) is 10.2 Å². The van der Waals surface area contributed by atoms with Crippen LogP contribution in [0.15, 0.2) is 28.7 Å². The van der Waals surface area contributed by atoms with E-state index in [0.717, 1.165) is 22.2 Å². The largest absolute Gasteiger partial charge is 0.233 e. The van der Waals surface area contributed by atoms with E-state index in [1.807, 2.05) is 24.3 Å². The third-order valence-corrected chi connectivity index (χ3v) is 3.62. The number of aromatic nitrogens is 2. The molecule has 0 unspecified atom stereocenters. The molecule has 0 saturated carbocycles. The molecule has 2 nitrogen and oxygen atoms in total. The van der Waals surface area contributed by atoms with Gasteiger partial charge in [0.05, 0.1) is 0 Å². The van der Waals surface area contributed by atoms with Gasteiger partial charge in [0.25, 0.3) is 0 Å². The van der Waals surface area contributed by atoms with Gasteiger partial charge in [-0.25, -0.2) is 9.97 Å². The molecular weight excluding hydrogens is 347 g/mol. The first kappa shape index (κ1) is 14.8. The van der Waals surface area contributed by atoms with Crippen molar-refractivity contribution in [3.8, 4) is 11.4 Å². The summed E-state index contributed by atoms with van der Waals surface area (Å²) in [6.07, 6.45) is 0.875. The third kappa shape index (κ3) is 3.91. The summed E-state index contributed by atoms with van der Waals surface area (Å²) in [5, 5.41) is 1.13. The maximum Gasteiger partial charge on any atom is 0.162 e. The molecule has 0 bridgehead atoms. The third-order valence-electron chi connectivity index (χ3n) is 2.54. The molecule has 19 heavy (non-hydrogen) atoms. The Kier molecular flexibility index (Phi) is 4.82. The van der Waals surface area contributed by atoms with E-state index in [1.54, 1.807) is 0 Å². The minimum Gasteiger partial charge on any atom is -0.233 e. The Morgan fingerprint density at radius 3 is 2.53 bits per heavy atom. The van der Waals surface area contributed by atoms with E-state index < -0.39 is 0 Å². The fourth-order valence-corrected chi connectivity index (χ4v) is 2.84. The van der Waals surface area contributed by atoms with Crippen molar-refractivity contribution in [1.82, 2.24) is 9.97 Å². The minimum absolute atomic E-state index is 0.461. The lowest BCUT2D eigenvalue weighted by molar-refractivity contribution is 0.634. The fourth-order valence-electron chi connectivity index (χ4n) is 1.78. The summed E-state index contributed by atoms with van der Waals surface area (Å²) in [6, 6.07) is 7.34. The summed E-state index contributed by atoms with van der Waals surface area (Å²) in [7, 11) is 0. The summed E-state index contributed by atoms with van der Waals surface area (Å²) in [4.78, 5) is 8.85. The molecule has 0 aliphatic carbocycles. The van der Waals surface area contributed by atoms with Crippen LogP contribution in [-0.2, 0) is 6.42 Å². The summed E-state index contributed by atoms with van der Waals surface area (Å²) >= 11 is 15.5. The second-order valence-corrected chi connectivity index (χ2v) is 6.41. The Hall–Kier alpha value is -0.640. The standard InChI is InChI=1S/C14H13BrCl2N2/c1-8(2)5-10-7-13(17)19-14(18-10)11-4-3-9(16)6-12(11)15/h3-4,6-8H,5H2,1-2H3. The number of hydrogen-bond donors (Lipinski definition) is 0. The van der Waals surface area contributed by atoms with E-state index in [9.17, 15) is 0 Å². The second kappa shape index (κ2) is 6.21. The minimum atomic E-state index is 0.461. The first-order chi connectivity index (χ1) is 8.95. The Morgan fingerprint density at radius 2 is 1.89 bits per heavy atom. The molecule has 2 aromatic rings. The Morgan fingerprint density at radius 1 is 1.16 bits per heavy atom. The van der Waals surface area contributed by atoms with Crippen LogP contribution in [0.3, 0.4) is 0 Å². The molecule has 0 saturated heterocycles. The lowest BCUT2D eigenvalue weighted by Crippen LogP contribution is -2.01. The molecule has 2 rings (SSSR count). The predicted molar refractivity (Wildman–Crippen MR) is 83.7 cm³/mol. The van der Waals surface area contributed by atoms with Crippen molar-refractivity contribution in [3.63, 3.8) is 0 Å². The van der Waals surface area contributed by atoms with Gasteiger partial charge in [-0.3, -0.25) is 0 Å². The van der Waals surface area contributed by atoms with E-state index in [0.29, 0.717) is 21.9 Å². The van der Waals surface area contributed by atoms with Gasteiger partial charge in [0.1, 0.15) is 5.15 Å². The van der Waals surface area contributed by atoms with Gasteiger partial charge in [-0.1, -0.05) is 37.0 Å². The molecule has 0 radical (unpaired) electrons. The number of rotatable bonds is 3. The number of benzene rings is 1. The molecule has 1 heterocycles. The highest BCUT2D eigenvalue weighted by Crippen LogP contribution is 2.29. The number of hydrogen-bond acceptors (Lipinski definition) is 2. The number of halogens is 3. The lowest BCUT2D eigenvalue weighted by atomic mass is 10.1. The molecule has 5 heteroatoms. The average Bonchev–Trinajstić information content (AvgIpc) is 2.26. The van der Waals surface area contributed by atoms with Crippen molar-refractivity contribution in [2.24, 2.45) is 5.92 Å². The highest BCUT2D eigenvalue weighted by Gasteiger charge is 2.10. The van der Waals surface area contributed by atoms with Crippen LogP contribution in [-0.4, -0.2) is 9.97 Å². The van der Waals surface area contributed by atoms with Gasteiger partial charge in [-0.15, -0.1) is 0 Å². The van der Waals surface area contributed by atoms with Gasteiger partial charge in [0, 0.05) is 20.8 Å². The Balaban J connectivity index is 2.46. The number of nitrogens with zero attached hydrogens (tertiary/aromatic N) is 2. The normalized spacial score (nSPS) is 11.1. The van der Waals surface area contributed by atoms with E-state index in [2.05, 4.69) is 39.7 Å². The zero-order valence-corrected chi connectivity index (χ0v) is 13.7. The molecule has 0 fully saturated rings. The summed E-state index contributed by atoms with van der Waals surface area (Å²) < 4.78 is 0.859. The molecule has 0 amide bonds. The SMILES string of the molecule is CC(C)Cc1cc(Cl)nc(-c2ccc(Cl)cc2Br)n1. The van der Waals surface area contributed by atoms with Gasteiger partial charge in [0.15, 0.2) is 5.82 Å². The molecule has 0 N–H and O–H groups in total. The zero-order chi connectivity index (χ0) is 14.0. The summed E-state index contributed by atoms with van der Waals surface area (Å²) in [6.45, 7) is 4.29. The Labute approximate surface area is 131 Å². The predicted octanol–water partition coefficient (Wildman–Crippen LogP) is 5.41. The molecule has 0 atom stereocenters. The quantitative estimate of drug-likeness (QED) is 0.684. The first-order valence-electron chi connectivity index (χ1n) is 5.94. The topological polar surface area (TPSA) is 25.8 Å². The lowest BCUT2D eigenvalue weighted by Gasteiger charge is -2.08. The monoisotopic (exact) mass is 358 g/mol. The second-order valence-electron chi connectivity index (χ2n) is 4.73. The summed E-state index contributed by atoms with van der Waals surface area (Å²) in [5.41, 5.74) is 1.84. The molecular formula is C14H13BrCl2N2. The highest BCUT2D eigenvalue weighted by molar-refractivity contribution is 9.10. The molecule has 0 aliphatic heterocycles. The fraction of sp³-hybridized carbons (Fsp3) is 0.286. The maximum absolute atomic E-state index is 6.07. The van der Waals surface area contributed by atoms with Gasteiger partial charge in [-0.2, -0.15) is 0 Å². The van der Waals surface area contributed by atoms with Crippen LogP contribution in [0, 0.1) is 5.92 Å². The van der Waals surface area contributed by atoms with E-state index in [-0.39, 0.29) is 0 Å². The van der Waals surface area contributed by atoms with Crippen molar-refractivity contribution in [2.45, 2.75) is 20.3 Å². The Bertz CT molecular complexity index is 600.